The molecule has 0 aliphatic heterocycles. The maximum Gasteiger partial charge on any atom is 0.125 e. The van der Waals surface area contributed by atoms with Crippen LogP contribution in [-0.2, 0) is 4.79 Å². The van der Waals surface area contributed by atoms with Gasteiger partial charge in [0.1, 0.15) is 12.0 Å². The minimum Gasteiger partial charge on any atom is -0.507 e. The third-order valence-corrected chi connectivity index (χ3v) is 1.52. The fourth-order valence-corrected chi connectivity index (χ4v) is 0.922. The Morgan fingerprint density at radius 2 is 2.17 bits per heavy atom. The molecule has 0 saturated carbocycles. The summed E-state index contributed by atoms with van der Waals surface area (Å²) in [6, 6.07) is 6.50. The largest absolute Gasteiger partial charge is 0.507 e. The van der Waals surface area contributed by atoms with Crippen LogP contribution in [0.2, 0.25) is 0 Å². The van der Waals surface area contributed by atoms with Crippen LogP contribution in [0.1, 0.15) is 12.0 Å². The molecule has 3 heteroatoms. The van der Waals surface area contributed by atoms with E-state index >= 15 is 0 Å². The van der Waals surface area contributed by atoms with Gasteiger partial charge < -0.3 is 15.3 Å². The highest BCUT2D eigenvalue weighted by Crippen LogP contribution is 2.16. The zero-order valence-electron chi connectivity index (χ0n) is 6.45. The highest BCUT2D eigenvalue weighted by atomic mass is 16.3. The molecule has 1 rings (SSSR count). The number of phenols is 1. The number of phenolic OH excluding ortho intramolecular Hbond substituents is 1. The summed E-state index contributed by atoms with van der Waals surface area (Å²) >= 11 is 0. The van der Waals surface area contributed by atoms with Crippen molar-refractivity contribution in [1.82, 2.24) is 0 Å². The average molecular weight is 163 g/mol. The lowest BCUT2D eigenvalue weighted by Gasteiger charge is -2.01. The lowest BCUT2D eigenvalue weighted by molar-refractivity contribution is -0.106. The fourth-order valence-electron chi connectivity index (χ4n) is 0.922. The zero-order valence-corrected chi connectivity index (χ0v) is 6.45. The number of hydrogen-bond donors (Lipinski definition) is 2. The Morgan fingerprint density at radius 3 is 2.75 bits per heavy atom. The van der Waals surface area contributed by atoms with E-state index in [9.17, 15) is 9.90 Å². The first-order valence-corrected chi connectivity index (χ1v) is 3.55. The maximum atomic E-state index is 10.1. The van der Waals surface area contributed by atoms with Crippen molar-refractivity contribution in [2.75, 3.05) is 0 Å². The number of hydrogen-bond acceptors (Lipinski definition) is 3. The van der Waals surface area contributed by atoms with Gasteiger partial charge in [-0.3, -0.25) is 0 Å². The van der Waals surface area contributed by atoms with Crippen molar-refractivity contribution in [1.29, 1.82) is 5.41 Å². The van der Waals surface area contributed by atoms with Crippen LogP contribution in [0, 0.1) is 5.41 Å². The van der Waals surface area contributed by atoms with E-state index < -0.39 is 0 Å². The summed E-state index contributed by atoms with van der Waals surface area (Å²) in [4.78, 5) is 10.1. The van der Waals surface area contributed by atoms with Crippen LogP contribution in [0.5, 0.6) is 5.75 Å². The molecule has 1 aromatic carbocycles. The lowest BCUT2D eigenvalue weighted by Crippen LogP contribution is -1.99. The Hall–Kier alpha value is -1.64. The van der Waals surface area contributed by atoms with Crippen LogP contribution in [0.25, 0.3) is 0 Å². The number of rotatable bonds is 3. The minimum atomic E-state index is 0.0393. The van der Waals surface area contributed by atoms with Crippen LogP contribution < -0.4 is 0 Å². The molecule has 2 N–H and O–H groups in total. The molecule has 0 spiro atoms. The molecule has 0 saturated heterocycles. The number of aldehydes is 1. The van der Waals surface area contributed by atoms with E-state index in [0.717, 1.165) is 0 Å². The number of benzene rings is 1. The SMILES string of the molecule is N=C(CC=O)c1ccccc1O. The van der Waals surface area contributed by atoms with Gasteiger partial charge in [-0.15, -0.1) is 0 Å². The van der Waals surface area contributed by atoms with Gasteiger partial charge in [0.15, 0.2) is 0 Å². The predicted octanol–water partition coefficient (Wildman–Crippen LogP) is 1.35. The first kappa shape index (κ1) is 8.46. The predicted molar refractivity (Wildman–Crippen MR) is 45.6 cm³/mol. The molecular weight excluding hydrogens is 154 g/mol. The quantitative estimate of drug-likeness (QED) is 0.522. The number of para-hydroxylation sites is 1. The smallest absolute Gasteiger partial charge is 0.125 e. The van der Waals surface area contributed by atoms with E-state index in [4.69, 9.17) is 5.41 Å². The van der Waals surface area contributed by atoms with Gasteiger partial charge >= 0.3 is 0 Å². The van der Waals surface area contributed by atoms with E-state index in [1.54, 1.807) is 18.2 Å². The molecule has 0 fully saturated rings. The maximum absolute atomic E-state index is 10.1. The molecular formula is C9H9NO2. The first-order chi connectivity index (χ1) is 5.75. The van der Waals surface area contributed by atoms with Gasteiger partial charge in [-0.1, -0.05) is 12.1 Å². The highest BCUT2D eigenvalue weighted by molar-refractivity contribution is 6.06. The minimum absolute atomic E-state index is 0.0393. The molecule has 0 aliphatic carbocycles. The van der Waals surface area contributed by atoms with Crippen molar-refractivity contribution in [2.45, 2.75) is 6.42 Å². The molecule has 0 atom stereocenters. The third-order valence-electron chi connectivity index (χ3n) is 1.52. The number of carbonyl (C=O) groups is 1. The van der Waals surface area contributed by atoms with Gasteiger partial charge in [0.25, 0.3) is 0 Å². The number of nitrogens with one attached hydrogen (secondary N) is 1. The van der Waals surface area contributed by atoms with Crippen molar-refractivity contribution in [3.8, 4) is 5.75 Å². The summed E-state index contributed by atoms with van der Waals surface area (Å²) in [5.41, 5.74) is 0.563. The number of carbonyl (C=O) groups excluding carboxylic acids is 1. The second-order valence-electron chi connectivity index (χ2n) is 2.37. The van der Waals surface area contributed by atoms with Crippen molar-refractivity contribution in [3.63, 3.8) is 0 Å². The van der Waals surface area contributed by atoms with Crippen molar-refractivity contribution in [3.05, 3.63) is 29.8 Å². The summed E-state index contributed by atoms with van der Waals surface area (Å²) in [6.45, 7) is 0. The topological polar surface area (TPSA) is 61.2 Å². The molecule has 12 heavy (non-hydrogen) atoms. The molecule has 62 valence electrons. The second-order valence-corrected chi connectivity index (χ2v) is 2.37. The first-order valence-electron chi connectivity index (χ1n) is 3.55. The normalized spacial score (nSPS) is 9.33. The monoisotopic (exact) mass is 163 g/mol. The molecule has 3 nitrogen and oxygen atoms in total. The van der Waals surface area contributed by atoms with E-state index in [0.29, 0.717) is 11.8 Å². The van der Waals surface area contributed by atoms with E-state index in [2.05, 4.69) is 0 Å². The Balaban J connectivity index is 2.94. The molecule has 0 bridgehead atoms. The van der Waals surface area contributed by atoms with Crippen LogP contribution in [0.3, 0.4) is 0 Å². The summed E-state index contributed by atoms with van der Waals surface area (Å²) in [5, 5.41) is 16.6. The molecule has 0 unspecified atom stereocenters. The molecule has 0 amide bonds. The Morgan fingerprint density at radius 1 is 1.50 bits per heavy atom. The highest BCUT2D eigenvalue weighted by Gasteiger charge is 2.04. The third kappa shape index (κ3) is 1.69. The second kappa shape index (κ2) is 3.67. The average Bonchev–Trinajstić information content (AvgIpc) is 2.05. The van der Waals surface area contributed by atoms with Gasteiger partial charge in [0, 0.05) is 17.7 Å². The standard InChI is InChI=1S/C9H9NO2/c10-8(5-6-11)7-3-1-2-4-9(7)12/h1-4,6,10,12H,5H2. The van der Waals surface area contributed by atoms with Gasteiger partial charge in [-0.2, -0.15) is 0 Å². The zero-order chi connectivity index (χ0) is 8.97. The summed E-state index contributed by atoms with van der Waals surface area (Å²) in [5.74, 6) is 0.0457. The van der Waals surface area contributed by atoms with Crippen molar-refractivity contribution in [2.24, 2.45) is 0 Å². The van der Waals surface area contributed by atoms with Crippen LogP contribution >= 0.6 is 0 Å². The van der Waals surface area contributed by atoms with Crippen molar-refractivity contribution >= 4 is 12.0 Å². The van der Waals surface area contributed by atoms with E-state index in [1.165, 1.54) is 6.07 Å². The molecule has 0 radical (unpaired) electrons. The Bertz CT molecular complexity index is 307. The van der Waals surface area contributed by atoms with E-state index in [-0.39, 0.29) is 17.9 Å². The van der Waals surface area contributed by atoms with Crippen LogP contribution in [-0.4, -0.2) is 17.1 Å². The molecule has 1 aromatic rings. The van der Waals surface area contributed by atoms with Gasteiger partial charge in [-0.25, -0.2) is 0 Å². The van der Waals surface area contributed by atoms with Crippen LogP contribution in [0.4, 0.5) is 0 Å². The van der Waals surface area contributed by atoms with E-state index in [1.807, 2.05) is 0 Å². The van der Waals surface area contributed by atoms with Gasteiger partial charge in [0.05, 0.1) is 0 Å². The van der Waals surface area contributed by atoms with Gasteiger partial charge in [0.2, 0.25) is 0 Å². The molecule has 0 aromatic heterocycles. The fraction of sp³-hybridized carbons (Fsp3) is 0.111. The molecule has 0 aliphatic rings. The Labute approximate surface area is 70.2 Å². The Kier molecular flexibility index (Phi) is 2.58. The van der Waals surface area contributed by atoms with Gasteiger partial charge in [-0.05, 0) is 12.1 Å². The summed E-state index contributed by atoms with van der Waals surface area (Å²) < 4.78 is 0. The lowest BCUT2D eigenvalue weighted by atomic mass is 10.1. The van der Waals surface area contributed by atoms with Crippen LogP contribution in [0.15, 0.2) is 24.3 Å². The number of aromatic hydroxyl groups is 1. The summed E-state index contributed by atoms with van der Waals surface area (Å²) in [7, 11) is 0. The summed E-state index contributed by atoms with van der Waals surface area (Å²) in [6.07, 6.45) is 0.687. The molecule has 0 heterocycles. The van der Waals surface area contributed by atoms with Crippen molar-refractivity contribution < 1.29 is 9.90 Å².